The molecule has 0 radical (unpaired) electrons. The van der Waals surface area contributed by atoms with Crippen molar-refractivity contribution in [1.29, 1.82) is 0 Å². The van der Waals surface area contributed by atoms with Gasteiger partial charge in [-0.25, -0.2) is 12.8 Å². The number of nitrogens with zero attached hydrogens (tertiary/aromatic N) is 1. The number of benzene rings is 2. The monoisotopic (exact) mass is 343 g/mol. The van der Waals surface area contributed by atoms with Gasteiger partial charge >= 0.3 is 0 Å². The predicted molar refractivity (Wildman–Crippen MR) is 83.2 cm³/mol. The number of hydrogen-bond donors (Lipinski definition) is 0. The predicted octanol–water partition coefficient (Wildman–Crippen LogP) is 3.18. The lowest BCUT2D eigenvalue weighted by Gasteiger charge is -2.17. The first-order valence-electron chi connectivity index (χ1n) is 6.50. The fraction of sp³-hybridized carbons (Fsp3) is 0.200. The standard InChI is InChI=1S/C15H15ClFNO3S/c1-18(10-11-21-14-6-4-13(17)5-7-14)22(19,20)15-8-2-12(16)3-9-15/h2-9H,10-11H2,1H3. The maximum absolute atomic E-state index is 12.8. The molecule has 0 amide bonds. The summed E-state index contributed by atoms with van der Waals surface area (Å²) in [5, 5.41) is 0.473. The van der Waals surface area contributed by atoms with Gasteiger partial charge in [-0.15, -0.1) is 0 Å². The van der Waals surface area contributed by atoms with Crippen molar-refractivity contribution in [2.45, 2.75) is 4.90 Å². The summed E-state index contributed by atoms with van der Waals surface area (Å²) in [6.07, 6.45) is 0. The van der Waals surface area contributed by atoms with E-state index >= 15 is 0 Å². The van der Waals surface area contributed by atoms with Gasteiger partial charge in [-0.1, -0.05) is 11.6 Å². The highest BCUT2D eigenvalue weighted by molar-refractivity contribution is 7.89. The van der Waals surface area contributed by atoms with E-state index in [2.05, 4.69) is 0 Å². The van der Waals surface area contributed by atoms with Crippen LogP contribution in [0, 0.1) is 5.82 Å². The summed E-state index contributed by atoms with van der Waals surface area (Å²) in [5.74, 6) is 0.133. The van der Waals surface area contributed by atoms with Crippen LogP contribution >= 0.6 is 11.6 Å². The van der Waals surface area contributed by atoms with Crippen molar-refractivity contribution in [2.24, 2.45) is 0 Å². The van der Waals surface area contributed by atoms with Crippen LogP contribution in [0.1, 0.15) is 0 Å². The summed E-state index contributed by atoms with van der Waals surface area (Å²) in [6.45, 7) is 0.331. The zero-order valence-electron chi connectivity index (χ0n) is 11.9. The first kappa shape index (κ1) is 16.7. The number of rotatable bonds is 6. The largest absolute Gasteiger partial charge is 0.492 e. The minimum Gasteiger partial charge on any atom is -0.492 e. The van der Waals surface area contributed by atoms with Gasteiger partial charge < -0.3 is 4.74 Å². The third kappa shape index (κ3) is 4.19. The summed E-state index contributed by atoms with van der Waals surface area (Å²) < 4.78 is 44.0. The van der Waals surface area contributed by atoms with Gasteiger partial charge in [-0.2, -0.15) is 4.31 Å². The zero-order valence-corrected chi connectivity index (χ0v) is 13.4. The Hall–Kier alpha value is -1.63. The van der Waals surface area contributed by atoms with Crippen molar-refractivity contribution >= 4 is 21.6 Å². The van der Waals surface area contributed by atoms with Gasteiger partial charge in [0.2, 0.25) is 10.0 Å². The molecular formula is C15H15ClFNO3S. The third-order valence-electron chi connectivity index (χ3n) is 3.01. The van der Waals surface area contributed by atoms with E-state index in [0.29, 0.717) is 10.8 Å². The topological polar surface area (TPSA) is 46.6 Å². The van der Waals surface area contributed by atoms with Crippen LogP contribution in [-0.4, -0.2) is 32.9 Å². The Morgan fingerprint density at radius 3 is 2.27 bits per heavy atom. The Bertz CT molecular complexity index is 717. The fourth-order valence-electron chi connectivity index (χ4n) is 1.73. The molecule has 0 atom stereocenters. The molecule has 4 nitrogen and oxygen atoms in total. The highest BCUT2D eigenvalue weighted by Crippen LogP contribution is 2.17. The molecular weight excluding hydrogens is 329 g/mol. The van der Waals surface area contributed by atoms with Gasteiger partial charge in [-0.3, -0.25) is 0 Å². The lowest BCUT2D eigenvalue weighted by molar-refractivity contribution is 0.286. The van der Waals surface area contributed by atoms with Gasteiger partial charge in [0.15, 0.2) is 0 Å². The molecule has 0 aliphatic rings. The molecule has 0 bridgehead atoms. The molecule has 0 heterocycles. The molecule has 0 saturated heterocycles. The summed E-state index contributed by atoms with van der Waals surface area (Å²) in [7, 11) is -2.11. The molecule has 0 spiro atoms. The first-order chi connectivity index (χ1) is 10.4. The molecule has 2 rings (SSSR count). The van der Waals surface area contributed by atoms with Gasteiger partial charge in [0.05, 0.1) is 4.90 Å². The van der Waals surface area contributed by atoms with Gasteiger partial charge in [0.1, 0.15) is 18.2 Å². The smallest absolute Gasteiger partial charge is 0.242 e. The lowest BCUT2D eigenvalue weighted by Crippen LogP contribution is -2.31. The maximum Gasteiger partial charge on any atom is 0.242 e. The molecule has 118 valence electrons. The van der Waals surface area contributed by atoms with Crippen LogP contribution in [0.5, 0.6) is 5.75 Å². The van der Waals surface area contributed by atoms with Crippen LogP contribution in [-0.2, 0) is 10.0 Å². The highest BCUT2D eigenvalue weighted by Gasteiger charge is 2.20. The Morgan fingerprint density at radius 1 is 1.09 bits per heavy atom. The Labute approximate surface area is 134 Å². The summed E-state index contributed by atoms with van der Waals surface area (Å²) in [5.41, 5.74) is 0. The van der Waals surface area contributed by atoms with Gasteiger partial charge in [0.25, 0.3) is 0 Å². The number of sulfonamides is 1. The molecule has 2 aromatic carbocycles. The summed E-state index contributed by atoms with van der Waals surface area (Å²) >= 11 is 5.75. The molecule has 0 fully saturated rings. The minimum atomic E-state index is -3.58. The van der Waals surface area contributed by atoms with Crippen LogP contribution in [0.2, 0.25) is 5.02 Å². The van der Waals surface area contributed by atoms with Crippen molar-refractivity contribution in [1.82, 2.24) is 4.31 Å². The summed E-state index contributed by atoms with van der Waals surface area (Å²) in [4.78, 5) is 0.168. The van der Waals surface area contributed by atoms with Crippen molar-refractivity contribution in [3.05, 3.63) is 59.4 Å². The number of likely N-dealkylation sites (N-methyl/N-ethyl adjacent to an activating group) is 1. The van der Waals surface area contributed by atoms with E-state index in [-0.39, 0.29) is 23.9 Å². The second kappa shape index (κ2) is 7.09. The maximum atomic E-state index is 12.8. The molecule has 2 aromatic rings. The van der Waals surface area contributed by atoms with E-state index in [4.69, 9.17) is 16.3 Å². The van der Waals surface area contributed by atoms with Crippen LogP contribution in [0.3, 0.4) is 0 Å². The van der Waals surface area contributed by atoms with Gasteiger partial charge in [-0.05, 0) is 48.5 Å². The second-order valence-corrected chi connectivity index (χ2v) is 7.06. The van der Waals surface area contributed by atoms with E-state index in [9.17, 15) is 12.8 Å². The first-order valence-corrected chi connectivity index (χ1v) is 8.31. The Kier molecular flexibility index (Phi) is 5.39. The van der Waals surface area contributed by atoms with Crippen molar-refractivity contribution < 1.29 is 17.5 Å². The van der Waals surface area contributed by atoms with E-state index < -0.39 is 10.0 Å². The molecule has 0 aromatic heterocycles. The molecule has 0 unspecified atom stereocenters. The Balaban J connectivity index is 1.94. The highest BCUT2D eigenvalue weighted by atomic mass is 35.5. The van der Waals surface area contributed by atoms with Crippen LogP contribution in [0.4, 0.5) is 4.39 Å². The molecule has 22 heavy (non-hydrogen) atoms. The van der Waals surface area contributed by atoms with E-state index in [1.54, 1.807) is 0 Å². The second-order valence-electron chi connectivity index (χ2n) is 4.58. The fourth-order valence-corrected chi connectivity index (χ4v) is 3.01. The van der Waals surface area contributed by atoms with Crippen molar-refractivity contribution in [2.75, 3.05) is 20.2 Å². The molecule has 0 saturated carbocycles. The lowest BCUT2D eigenvalue weighted by atomic mass is 10.3. The van der Waals surface area contributed by atoms with Crippen LogP contribution < -0.4 is 4.74 Å². The average Bonchev–Trinajstić information content (AvgIpc) is 2.49. The SMILES string of the molecule is CN(CCOc1ccc(F)cc1)S(=O)(=O)c1ccc(Cl)cc1. The zero-order chi connectivity index (χ0) is 16.2. The van der Waals surface area contributed by atoms with Crippen molar-refractivity contribution in [3.8, 4) is 5.75 Å². The average molecular weight is 344 g/mol. The molecule has 7 heteroatoms. The molecule has 0 aliphatic heterocycles. The number of hydrogen-bond acceptors (Lipinski definition) is 3. The van der Waals surface area contributed by atoms with E-state index in [1.807, 2.05) is 0 Å². The minimum absolute atomic E-state index is 0.162. The van der Waals surface area contributed by atoms with Crippen molar-refractivity contribution in [3.63, 3.8) is 0 Å². The molecule has 0 N–H and O–H groups in total. The third-order valence-corrected chi connectivity index (χ3v) is 5.13. The number of halogens is 2. The number of ether oxygens (including phenoxy) is 1. The van der Waals surface area contributed by atoms with Crippen LogP contribution in [0.15, 0.2) is 53.4 Å². The van der Waals surface area contributed by atoms with E-state index in [1.165, 1.54) is 59.9 Å². The molecule has 0 aliphatic carbocycles. The van der Waals surface area contributed by atoms with Gasteiger partial charge in [0, 0.05) is 18.6 Å². The normalized spacial score (nSPS) is 11.6. The quantitative estimate of drug-likeness (QED) is 0.809. The summed E-state index contributed by atoms with van der Waals surface area (Å²) in [6, 6.07) is 11.5. The Morgan fingerprint density at radius 2 is 1.68 bits per heavy atom. The van der Waals surface area contributed by atoms with E-state index in [0.717, 1.165) is 0 Å². The van der Waals surface area contributed by atoms with Crippen LogP contribution in [0.25, 0.3) is 0 Å².